The number of carbonyl (C=O) groups is 1. The van der Waals surface area contributed by atoms with Crippen LogP contribution in [0.15, 0.2) is 43.5 Å². The molecule has 22 heavy (non-hydrogen) atoms. The van der Waals surface area contributed by atoms with Crippen LogP contribution in [0.5, 0.6) is 5.75 Å². The van der Waals surface area contributed by atoms with Crippen molar-refractivity contribution in [3.63, 3.8) is 0 Å². The van der Waals surface area contributed by atoms with Crippen molar-refractivity contribution in [2.75, 3.05) is 7.11 Å². The van der Waals surface area contributed by atoms with E-state index in [1.54, 1.807) is 30.3 Å². The molecule has 0 aliphatic rings. The summed E-state index contributed by atoms with van der Waals surface area (Å²) in [7, 11) is -1.18. The third-order valence-electron chi connectivity index (χ3n) is 1.64. The number of nitrogens with two attached hydrogens (primary N) is 1. The van der Waals surface area contributed by atoms with E-state index in [9.17, 15) is 18.1 Å². The highest BCUT2D eigenvalue weighted by Crippen LogP contribution is 2.13. The van der Waals surface area contributed by atoms with Crippen molar-refractivity contribution >= 4 is 31.6 Å². The second kappa shape index (κ2) is 14.1. The molecule has 1 aromatic rings. The molecule has 1 aromatic carbocycles. The Morgan fingerprint density at radius 2 is 1.82 bits per heavy atom. The van der Waals surface area contributed by atoms with Gasteiger partial charge in [-0.05, 0) is 23.8 Å². The molecule has 1 rings (SSSR count). The molecule has 0 radical (unpaired) electrons. The lowest BCUT2D eigenvalue weighted by Crippen LogP contribution is -2.04. The summed E-state index contributed by atoms with van der Waals surface area (Å²) >= 11 is -2.50. The maximum Gasteiger partial charge on any atom is 0.694 e. The Bertz CT molecular complexity index is 519. The predicted molar refractivity (Wildman–Crippen MR) is 82.3 cm³/mol. The van der Waals surface area contributed by atoms with Gasteiger partial charge in [0.15, 0.2) is 0 Å². The highest BCUT2D eigenvalue weighted by molar-refractivity contribution is 7.74. The maximum absolute atomic E-state index is 10.1. The number of amides is 1. The van der Waals surface area contributed by atoms with Crippen LogP contribution in [0.1, 0.15) is 5.56 Å². The van der Waals surface area contributed by atoms with E-state index >= 15 is 0 Å². The molecule has 2 unspecified atom stereocenters. The van der Waals surface area contributed by atoms with Gasteiger partial charge in [0, 0.05) is 4.57 Å². The Morgan fingerprint density at radius 3 is 2.05 bits per heavy atom. The number of primary amides is 1. The first-order valence-electron chi connectivity index (χ1n) is 5.39. The molecule has 0 aliphatic carbocycles. The molecule has 0 aliphatic heterocycles. The van der Waals surface area contributed by atoms with E-state index in [-0.39, 0.29) is 0 Å². The van der Waals surface area contributed by atoms with E-state index in [1.807, 2.05) is 0 Å². The van der Waals surface area contributed by atoms with Crippen molar-refractivity contribution in [2.24, 2.45) is 5.73 Å². The molecule has 0 aromatic heterocycles. The van der Waals surface area contributed by atoms with E-state index < -0.39 is 25.5 Å². The van der Waals surface area contributed by atoms with E-state index in [4.69, 9.17) is 4.89 Å². The lowest BCUT2D eigenvalue weighted by atomic mass is 10.2. The minimum Gasteiger partial charge on any atom is -0.740 e. The van der Waals surface area contributed by atoms with Gasteiger partial charge in [0.2, 0.25) is 5.91 Å². The molecule has 8 nitrogen and oxygen atoms in total. The molecule has 0 saturated carbocycles. The molecule has 3 N–H and O–H groups in total. The molecular weight excluding hydrogens is 333 g/mol. The molecular formula is C12H16NO7PS. The first-order chi connectivity index (χ1) is 10.3. The molecule has 1 amide bonds. The van der Waals surface area contributed by atoms with Gasteiger partial charge in [-0.1, -0.05) is 31.4 Å². The topological polar surface area (TPSA) is 139 Å². The highest BCUT2D eigenvalue weighted by atomic mass is 32.2. The summed E-state index contributed by atoms with van der Waals surface area (Å²) in [5.74, 6) is -0.182. The monoisotopic (exact) mass is 349 g/mol. The number of hydrogen-bond acceptors (Lipinski definition) is 6. The zero-order valence-corrected chi connectivity index (χ0v) is 13.4. The molecule has 0 fully saturated rings. The van der Waals surface area contributed by atoms with Crippen LogP contribution < -0.4 is 9.92 Å². The number of carbonyl (C=O) groups excluding carboxylic acids is 1. The third kappa shape index (κ3) is 16.2. The first-order valence-corrected chi connectivity index (χ1v) is 7.52. The van der Waals surface area contributed by atoms with Crippen LogP contribution in [0, 0.1) is 0 Å². The first kappa shape index (κ1) is 22.4. The normalized spacial score (nSPS) is 10.6. The summed E-state index contributed by atoms with van der Waals surface area (Å²) in [6.07, 6.45) is 2.72. The van der Waals surface area contributed by atoms with Crippen molar-refractivity contribution in [2.45, 2.75) is 0 Å². The number of benzene rings is 1. The Balaban J connectivity index is 0. The van der Waals surface area contributed by atoms with Gasteiger partial charge in [0.05, 0.1) is 7.11 Å². The summed E-state index contributed by atoms with van der Waals surface area (Å²) < 4.78 is 37.7. The van der Waals surface area contributed by atoms with Gasteiger partial charge in [0.25, 0.3) is 0 Å². The number of hydrogen-bond donors (Lipinski definition) is 2. The van der Waals surface area contributed by atoms with Crippen molar-refractivity contribution in [3.8, 4) is 5.75 Å². The Labute approximate surface area is 131 Å². The van der Waals surface area contributed by atoms with Gasteiger partial charge in [-0.25, -0.2) is 4.21 Å². The van der Waals surface area contributed by atoms with E-state index in [0.717, 1.165) is 11.6 Å². The minimum absolute atomic E-state index is 0.300. The molecule has 0 saturated heterocycles. The predicted octanol–water partition coefficient (Wildman–Crippen LogP) is 1.44. The average Bonchev–Trinajstić information content (AvgIpc) is 2.48. The molecule has 2 atom stereocenters. The van der Waals surface area contributed by atoms with Crippen molar-refractivity contribution in [1.82, 2.24) is 0 Å². The van der Waals surface area contributed by atoms with Gasteiger partial charge < -0.3 is 14.5 Å². The van der Waals surface area contributed by atoms with Gasteiger partial charge in [0.1, 0.15) is 17.1 Å². The maximum atomic E-state index is 10.1. The standard InChI is InChI=1S/C8H8O3S.C3H5NO.CH3O3P/c1-2-7-3-5-8(6-4-7)11-12(9)10;1-2-3(4)5;1-4-5(2)3/h2-6H,1H2,(H,9,10);2H,1H2,(H2,4,5);1H3. The van der Waals surface area contributed by atoms with Gasteiger partial charge >= 0.3 is 8.25 Å². The van der Waals surface area contributed by atoms with Gasteiger partial charge in [-0.3, -0.25) is 4.79 Å². The van der Waals surface area contributed by atoms with Crippen molar-refractivity contribution in [1.29, 1.82) is 0 Å². The van der Waals surface area contributed by atoms with Crippen molar-refractivity contribution < 1.29 is 31.7 Å². The minimum atomic E-state index is -2.50. The van der Waals surface area contributed by atoms with Crippen LogP contribution in [0.3, 0.4) is 0 Å². The summed E-state index contributed by atoms with van der Waals surface area (Å²) in [5.41, 5.74) is 5.45. The van der Waals surface area contributed by atoms with E-state index in [2.05, 4.69) is 27.6 Å². The SMILES string of the molecule is C=CC(N)=O.C=Cc1ccc(OS(=O)[O-])cc1.CO[P+](=O)O. The lowest BCUT2D eigenvalue weighted by molar-refractivity contribution is -0.113. The van der Waals surface area contributed by atoms with E-state index in [0.29, 0.717) is 5.75 Å². The molecule has 0 spiro atoms. The smallest absolute Gasteiger partial charge is 0.694 e. The average molecular weight is 349 g/mol. The summed E-state index contributed by atoms with van der Waals surface area (Å²) in [6.45, 7) is 6.64. The number of rotatable bonds is 5. The molecule has 0 heterocycles. The van der Waals surface area contributed by atoms with Crippen LogP contribution in [-0.2, 0) is 25.2 Å². The summed E-state index contributed by atoms with van der Waals surface area (Å²) in [6, 6.07) is 6.56. The van der Waals surface area contributed by atoms with E-state index in [1.165, 1.54) is 7.11 Å². The van der Waals surface area contributed by atoms with Gasteiger partial charge in [-0.2, -0.15) is 0 Å². The molecule has 122 valence electrons. The molecule has 10 heteroatoms. The lowest BCUT2D eigenvalue weighted by Gasteiger charge is -2.06. The summed E-state index contributed by atoms with van der Waals surface area (Å²) in [5, 5.41) is 0. The third-order valence-corrected chi connectivity index (χ3v) is 2.28. The Hall–Kier alpha value is -1.90. The second-order valence-electron chi connectivity index (χ2n) is 3.09. The zero-order chi connectivity index (χ0) is 17.5. The molecule has 0 bridgehead atoms. The second-order valence-corrected chi connectivity index (χ2v) is 4.50. The van der Waals surface area contributed by atoms with Crippen LogP contribution in [-0.4, -0.2) is 26.7 Å². The zero-order valence-electron chi connectivity index (χ0n) is 11.7. The Kier molecular flexibility index (Phi) is 14.3. The fourth-order valence-electron chi connectivity index (χ4n) is 0.738. The van der Waals surface area contributed by atoms with Gasteiger partial charge in [-0.15, -0.1) is 9.42 Å². The quantitative estimate of drug-likeness (QED) is 0.466. The largest absolute Gasteiger partial charge is 0.740 e. The van der Waals surface area contributed by atoms with Crippen LogP contribution >= 0.6 is 8.25 Å². The van der Waals surface area contributed by atoms with Crippen molar-refractivity contribution in [3.05, 3.63) is 49.1 Å². The highest BCUT2D eigenvalue weighted by Gasteiger charge is 2.02. The van der Waals surface area contributed by atoms with Crippen LogP contribution in [0.25, 0.3) is 6.08 Å². The Morgan fingerprint density at radius 1 is 1.41 bits per heavy atom. The fourth-order valence-corrected chi connectivity index (χ4v) is 1.01. The van der Waals surface area contributed by atoms with Crippen LogP contribution in [0.2, 0.25) is 0 Å². The summed E-state index contributed by atoms with van der Waals surface area (Å²) in [4.78, 5) is 17.1. The van der Waals surface area contributed by atoms with Crippen LogP contribution in [0.4, 0.5) is 0 Å². The fraction of sp³-hybridized carbons (Fsp3) is 0.0833.